The lowest BCUT2D eigenvalue weighted by atomic mass is 10.2. The van der Waals surface area contributed by atoms with E-state index in [0.29, 0.717) is 22.0 Å². The van der Waals surface area contributed by atoms with E-state index >= 15 is 0 Å². The number of sulfonamides is 1. The number of para-hydroxylation sites is 1. The van der Waals surface area contributed by atoms with E-state index in [-0.39, 0.29) is 0 Å². The van der Waals surface area contributed by atoms with E-state index in [9.17, 15) is 13.2 Å². The second-order valence-corrected chi connectivity index (χ2v) is 7.62. The summed E-state index contributed by atoms with van der Waals surface area (Å²) in [6.45, 7) is -0.413. The molecule has 2 aromatic rings. The number of hydrazone groups is 1. The zero-order valence-electron chi connectivity index (χ0n) is 14.2. The highest BCUT2D eigenvalue weighted by Gasteiger charge is 2.20. The van der Waals surface area contributed by atoms with E-state index < -0.39 is 22.5 Å². The van der Waals surface area contributed by atoms with Crippen molar-refractivity contribution in [2.24, 2.45) is 5.10 Å². The van der Waals surface area contributed by atoms with Gasteiger partial charge in [0, 0.05) is 10.6 Å². The third-order valence-corrected chi connectivity index (χ3v) is 4.73. The molecule has 0 unspecified atom stereocenters. The number of amides is 1. The molecular weight excluding hydrogens is 378 g/mol. The predicted molar refractivity (Wildman–Crippen MR) is 102 cm³/mol. The third-order valence-electron chi connectivity index (χ3n) is 3.33. The molecule has 0 heterocycles. The molecule has 0 aliphatic heterocycles. The summed E-state index contributed by atoms with van der Waals surface area (Å²) in [4.78, 5) is 12.1. The minimum Gasteiger partial charge on any atom is -0.496 e. The Hall–Kier alpha value is -2.58. The maximum atomic E-state index is 12.1. The van der Waals surface area contributed by atoms with Gasteiger partial charge in [0.15, 0.2) is 0 Å². The van der Waals surface area contributed by atoms with Crippen LogP contribution in [0.4, 0.5) is 5.69 Å². The van der Waals surface area contributed by atoms with Crippen molar-refractivity contribution in [1.82, 2.24) is 5.43 Å². The van der Waals surface area contributed by atoms with Gasteiger partial charge in [-0.3, -0.25) is 9.10 Å². The predicted octanol–water partition coefficient (Wildman–Crippen LogP) is 2.26. The van der Waals surface area contributed by atoms with Gasteiger partial charge in [-0.2, -0.15) is 5.10 Å². The standard InChI is InChI=1S/C17H18ClN3O4S/c1-25-16-6-4-3-5-13(16)11-19-20-17(22)12-21(26(2,23)24)15-9-7-14(18)8-10-15/h3-11H,12H2,1-2H3,(H,20,22)/b19-11-. The average molecular weight is 396 g/mol. The van der Waals surface area contributed by atoms with Crippen LogP contribution in [0.25, 0.3) is 0 Å². The lowest BCUT2D eigenvalue weighted by Crippen LogP contribution is -2.39. The lowest BCUT2D eigenvalue weighted by molar-refractivity contribution is -0.119. The molecule has 0 fully saturated rings. The van der Waals surface area contributed by atoms with E-state index in [2.05, 4.69) is 10.5 Å². The molecule has 1 N–H and O–H groups in total. The minimum atomic E-state index is -3.66. The molecule has 0 saturated heterocycles. The van der Waals surface area contributed by atoms with Crippen molar-refractivity contribution in [3.63, 3.8) is 0 Å². The number of ether oxygens (including phenoxy) is 1. The number of benzene rings is 2. The number of nitrogens with zero attached hydrogens (tertiary/aromatic N) is 2. The van der Waals surface area contributed by atoms with Crippen LogP contribution in [-0.2, 0) is 14.8 Å². The molecule has 0 saturated carbocycles. The Morgan fingerprint density at radius 3 is 2.50 bits per heavy atom. The maximum Gasteiger partial charge on any atom is 0.260 e. The Labute approximate surface area is 157 Å². The molecule has 0 radical (unpaired) electrons. The normalized spacial score (nSPS) is 11.3. The van der Waals surface area contributed by atoms with Gasteiger partial charge < -0.3 is 4.74 Å². The monoisotopic (exact) mass is 395 g/mol. The number of rotatable bonds is 7. The molecular formula is C17H18ClN3O4S. The topological polar surface area (TPSA) is 88.1 Å². The quantitative estimate of drug-likeness (QED) is 0.575. The van der Waals surface area contributed by atoms with Gasteiger partial charge in [-0.05, 0) is 36.4 Å². The maximum absolute atomic E-state index is 12.1. The first-order chi connectivity index (χ1) is 12.3. The fourth-order valence-corrected chi connectivity index (χ4v) is 3.10. The highest BCUT2D eigenvalue weighted by molar-refractivity contribution is 7.92. The average Bonchev–Trinajstić information content (AvgIpc) is 2.60. The third kappa shape index (κ3) is 5.47. The van der Waals surface area contributed by atoms with Crippen LogP contribution in [0.3, 0.4) is 0 Å². The number of carbonyl (C=O) groups is 1. The Bertz CT molecular complexity index is 898. The number of methoxy groups -OCH3 is 1. The summed E-state index contributed by atoms with van der Waals surface area (Å²) in [5.41, 5.74) is 3.32. The summed E-state index contributed by atoms with van der Waals surface area (Å²) in [5, 5.41) is 4.31. The number of halogens is 1. The largest absolute Gasteiger partial charge is 0.496 e. The van der Waals surface area contributed by atoms with Crippen LogP contribution < -0.4 is 14.5 Å². The van der Waals surface area contributed by atoms with Crippen molar-refractivity contribution < 1.29 is 17.9 Å². The molecule has 9 heteroatoms. The Balaban J connectivity index is 2.08. The summed E-state index contributed by atoms with van der Waals surface area (Å²) in [5.74, 6) is 0.0148. The highest BCUT2D eigenvalue weighted by atomic mass is 35.5. The van der Waals surface area contributed by atoms with Crippen LogP contribution in [0.1, 0.15) is 5.56 Å². The van der Waals surface area contributed by atoms with Crippen LogP contribution >= 0.6 is 11.6 Å². The molecule has 138 valence electrons. The lowest BCUT2D eigenvalue weighted by Gasteiger charge is -2.21. The molecule has 7 nitrogen and oxygen atoms in total. The Morgan fingerprint density at radius 1 is 1.23 bits per heavy atom. The van der Waals surface area contributed by atoms with Crippen LogP contribution in [0, 0.1) is 0 Å². The second-order valence-electron chi connectivity index (χ2n) is 5.28. The van der Waals surface area contributed by atoms with E-state index in [1.165, 1.54) is 25.5 Å². The Morgan fingerprint density at radius 2 is 1.88 bits per heavy atom. The number of hydrogen-bond acceptors (Lipinski definition) is 5. The first-order valence-electron chi connectivity index (χ1n) is 7.49. The smallest absolute Gasteiger partial charge is 0.260 e. The number of hydrogen-bond donors (Lipinski definition) is 1. The molecule has 0 atom stereocenters. The molecule has 2 rings (SSSR count). The molecule has 0 aliphatic carbocycles. The van der Waals surface area contributed by atoms with Gasteiger partial charge in [0.05, 0.1) is 25.3 Å². The van der Waals surface area contributed by atoms with Gasteiger partial charge in [0.1, 0.15) is 12.3 Å². The van der Waals surface area contributed by atoms with E-state index in [4.69, 9.17) is 16.3 Å². The van der Waals surface area contributed by atoms with Crippen LogP contribution in [0.2, 0.25) is 5.02 Å². The second kappa shape index (κ2) is 8.68. The van der Waals surface area contributed by atoms with Crippen molar-refractivity contribution in [3.8, 4) is 5.75 Å². The molecule has 0 aliphatic rings. The van der Waals surface area contributed by atoms with Gasteiger partial charge in [0.2, 0.25) is 10.0 Å². The zero-order valence-corrected chi connectivity index (χ0v) is 15.8. The molecule has 0 bridgehead atoms. The summed E-state index contributed by atoms with van der Waals surface area (Å²) in [7, 11) is -2.13. The molecule has 0 spiro atoms. The highest BCUT2D eigenvalue weighted by Crippen LogP contribution is 2.20. The van der Waals surface area contributed by atoms with E-state index in [1.807, 2.05) is 6.07 Å². The van der Waals surface area contributed by atoms with E-state index in [1.54, 1.807) is 30.3 Å². The molecule has 26 heavy (non-hydrogen) atoms. The molecule has 1 amide bonds. The number of carbonyl (C=O) groups excluding carboxylic acids is 1. The fraction of sp³-hybridized carbons (Fsp3) is 0.176. The summed E-state index contributed by atoms with van der Waals surface area (Å²) in [6.07, 6.45) is 2.44. The first-order valence-corrected chi connectivity index (χ1v) is 9.72. The van der Waals surface area contributed by atoms with Crippen LogP contribution in [-0.4, -0.2) is 40.4 Å². The van der Waals surface area contributed by atoms with Gasteiger partial charge in [-0.25, -0.2) is 13.8 Å². The SMILES string of the molecule is COc1ccccc1/C=N\NC(=O)CN(c1ccc(Cl)cc1)S(C)(=O)=O. The fourth-order valence-electron chi connectivity index (χ4n) is 2.12. The minimum absolute atomic E-state index is 0.334. The van der Waals surface area contributed by atoms with Gasteiger partial charge in [-0.1, -0.05) is 23.7 Å². The van der Waals surface area contributed by atoms with Crippen molar-refractivity contribution in [2.45, 2.75) is 0 Å². The molecule has 2 aromatic carbocycles. The van der Waals surface area contributed by atoms with Gasteiger partial charge >= 0.3 is 0 Å². The van der Waals surface area contributed by atoms with Crippen LogP contribution in [0.15, 0.2) is 53.6 Å². The summed E-state index contributed by atoms with van der Waals surface area (Å²) >= 11 is 5.81. The Kier molecular flexibility index (Phi) is 6.59. The van der Waals surface area contributed by atoms with Crippen molar-refractivity contribution >= 4 is 39.4 Å². The zero-order chi connectivity index (χ0) is 19.2. The first kappa shape index (κ1) is 19.7. The molecule has 0 aromatic heterocycles. The number of anilines is 1. The number of nitrogens with one attached hydrogen (secondary N) is 1. The van der Waals surface area contributed by atoms with Crippen molar-refractivity contribution in [2.75, 3.05) is 24.2 Å². The summed E-state index contributed by atoms with van der Waals surface area (Å²) in [6, 6.07) is 13.3. The van der Waals surface area contributed by atoms with Gasteiger partial charge in [0.25, 0.3) is 5.91 Å². The summed E-state index contributed by atoms with van der Waals surface area (Å²) < 4.78 is 30.1. The van der Waals surface area contributed by atoms with Crippen molar-refractivity contribution in [1.29, 1.82) is 0 Å². The van der Waals surface area contributed by atoms with Crippen LogP contribution in [0.5, 0.6) is 5.75 Å². The van der Waals surface area contributed by atoms with Gasteiger partial charge in [-0.15, -0.1) is 0 Å². The van der Waals surface area contributed by atoms with Crippen molar-refractivity contribution in [3.05, 3.63) is 59.1 Å². The van der Waals surface area contributed by atoms with E-state index in [0.717, 1.165) is 10.6 Å².